The van der Waals surface area contributed by atoms with Gasteiger partial charge in [-0.05, 0) is 48.5 Å². The van der Waals surface area contributed by atoms with Crippen LogP contribution in [0.25, 0.3) is 22.3 Å². The fourth-order valence-electron chi connectivity index (χ4n) is 3.84. The van der Waals surface area contributed by atoms with Crippen LogP contribution in [0.2, 0.25) is 0 Å². The molecule has 0 atom stereocenters. The van der Waals surface area contributed by atoms with Crippen LogP contribution in [0.4, 0.5) is 5.82 Å². The monoisotopic (exact) mass is 502 g/mol. The van der Waals surface area contributed by atoms with Gasteiger partial charge in [0.25, 0.3) is 5.91 Å². The van der Waals surface area contributed by atoms with Crippen molar-refractivity contribution >= 4 is 51.0 Å². The van der Waals surface area contributed by atoms with Gasteiger partial charge in [0.2, 0.25) is 5.91 Å². The normalized spacial score (nSPS) is 13.5. The highest BCUT2D eigenvalue weighted by Gasteiger charge is 2.18. The molecule has 0 unspecified atom stereocenters. The average Bonchev–Trinajstić information content (AvgIpc) is 2.91. The summed E-state index contributed by atoms with van der Waals surface area (Å²) in [7, 11) is 1.29. The highest BCUT2D eigenvalue weighted by atomic mass is 33.1. The molecule has 0 saturated carbocycles. The lowest BCUT2D eigenvalue weighted by molar-refractivity contribution is -0.120. The predicted octanol–water partition coefficient (Wildman–Crippen LogP) is 3.49. The molecule has 1 aliphatic rings. The fourth-order valence-corrected chi connectivity index (χ4v) is 4.50. The first kappa shape index (κ1) is 23.1. The van der Waals surface area contributed by atoms with Gasteiger partial charge in [-0.25, -0.2) is 9.97 Å². The Balaban J connectivity index is 1.34. The van der Waals surface area contributed by atoms with Crippen molar-refractivity contribution in [2.24, 2.45) is 0 Å². The van der Waals surface area contributed by atoms with Crippen LogP contribution in [0.15, 0.2) is 71.8 Å². The molecular formula is C25H22N6O2S2. The molecule has 2 N–H and O–H groups in total. The summed E-state index contributed by atoms with van der Waals surface area (Å²) in [6.07, 6.45) is 1.75. The number of pyridine rings is 3. The van der Waals surface area contributed by atoms with E-state index in [-0.39, 0.29) is 18.4 Å². The molecule has 0 radical (unpaired) electrons. The number of carbonyl (C=O) groups is 2. The van der Waals surface area contributed by atoms with Crippen molar-refractivity contribution in [1.82, 2.24) is 25.6 Å². The number of nitrogens with one attached hydrogen (secondary N) is 2. The number of rotatable bonds is 6. The van der Waals surface area contributed by atoms with E-state index >= 15 is 0 Å². The minimum atomic E-state index is -0.176. The Morgan fingerprint density at radius 2 is 1.94 bits per heavy atom. The number of benzene rings is 1. The molecule has 2 amide bonds. The van der Waals surface area contributed by atoms with E-state index in [4.69, 9.17) is 9.97 Å². The molecule has 5 rings (SSSR count). The lowest BCUT2D eigenvalue weighted by Gasteiger charge is -2.27. The summed E-state index contributed by atoms with van der Waals surface area (Å²) < 4.78 is 0. The molecule has 0 spiro atoms. The van der Waals surface area contributed by atoms with Crippen LogP contribution in [0.3, 0.4) is 0 Å². The second-order valence-electron chi connectivity index (χ2n) is 8.02. The third-order valence-electron chi connectivity index (χ3n) is 5.62. The molecule has 1 fully saturated rings. The Labute approximate surface area is 211 Å². The predicted molar refractivity (Wildman–Crippen MR) is 140 cm³/mol. The molecule has 1 aromatic carbocycles. The molecule has 0 aliphatic carbocycles. The van der Waals surface area contributed by atoms with Gasteiger partial charge < -0.3 is 15.5 Å². The number of carbonyl (C=O) groups excluding carboxylic acids is 2. The Morgan fingerprint density at radius 3 is 2.80 bits per heavy atom. The number of amides is 2. The number of nitrogens with zero attached hydrogens (tertiary/aromatic N) is 4. The third kappa shape index (κ3) is 5.39. The van der Waals surface area contributed by atoms with E-state index in [0.29, 0.717) is 30.9 Å². The van der Waals surface area contributed by atoms with Crippen LogP contribution < -0.4 is 15.5 Å². The summed E-state index contributed by atoms with van der Waals surface area (Å²) in [6, 6.07) is 18.8. The topological polar surface area (TPSA) is 100 Å². The highest BCUT2D eigenvalue weighted by Crippen LogP contribution is 2.23. The van der Waals surface area contributed by atoms with Crippen molar-refractivity contribution in [3.8, 4) is 11.4 Å². The molecular weight excluding hydrogens is 480 g/mol. The highest BCUT2D eigenvalue weighted by molar-refractivity contribution is 8.68. The molecule has 4 heterocycles. The largest absolute Gasteiger partial charge is 0.353 e. The van der Waals surface area contributed by atoms with E-state index in [0.717, 1.165) is 33.0 Å². The van der Waals surface area contributed by atoms with Crippen LogP contribution in [0.5, 0.6) is 0 Å². The van der Waals surface area contributed by atoms with Crippen molar-refractivity contribution in [1.29, 1.82) is 0 Å². The van der Waals surface area contributed by atoms with Crippen LogP contribution in [0.1, 0.15) is 16.1 Å². The lowest BCUT2D eigenvalue weighted by atomic mass is 10.1. The van der Waals surface area contributed by atoms with Gasteiger partial charge in [0.05, 0.1) is 35.7 Å². The molecule has 0 bridgehead atoms. The Kier molecular flexibility index (Phi) is 6.82. The number of anilines is 1. The zero-order valence-electron chi connectivity index (χ0n) is 18.6. The second kappa shape index (κ2) is 10.3. The van der Waals surface area contributed by atoms with E-state index in [9.17, 15) is 9.59 Å². The minimum Gasteiger partial charge on any atom is -0.353 e. The quantitative estimate of drug-likeness (QED) is 0.274. The Morgan fingerprint density at radius 1 is 1.09 bits per heavy atom. The molecule has 10 heteroatoms. The number of piperazine rings is 1. The standard InChI is InChI=1S/C25H22N6O2S2/c32-24-15-31(10-9-26-24)23-6-2-5-20(30-23)21-8-7-17-13-27-18(12-22(17)29-21)14-28-25(33)16-3-1-4-19(11-16)35-34/h1-8,11-13,34H,9-10,14-15H2,(H,26,32)(H,28,33). The van der Waals surface area contributed by atoms with Crippen LogP contribution >= 0.6 is 22.5 Å². The third-order valence-corrected chi connectivity index (χ3v) is 6.72. The number of aromatic nitrogens is 3. The van der Waals surface area contributed by atoms with Crippen LogP contribution in [0, 0.1) is 0 Å². The number of hydrogen-bond donors (Lipinski definition) is 3. The van der Waals surface area contributed by atoms with Gasteiger partial charge in [0.15, 0.2) is 0 Å². The van der Waals surface area contributed by atoms with Gasteiger partial charge in [-0.2, -0.15) is 0 Å². The van der Waals surface area contributed by atoms with E-state index in [2.05, 4.69) is 27.3 Å². The van der Waals surface area contributed by atoms with E-state index in [1.54, 1.807) is 18.3 Å². The molecule has 35 heavy (non-hydrogen) atoms. The van der Waals surface area contributed by atoms with Crippen molar-refractivity contribution in [2.45, 2.75) is 11.4 Å². The smallest absolute Gasteiger partial charge is 0.251 e. The van der Waals surface area contributed by atoms with Gasteiger partial charge in [-0.15, -0.1) is 11.7 Å². The van der Waals surface area contributed by atoms with Gasteiger partial charge in [0, 0.05) is 35.1 Å². The molecule has 3 aromatic heterocycles. The van der Waals surface area contributed by atoms with Gasteiger partial charge in [0.1, 0.15) is 5.82 Å². The van der Waals surface area contributed by atoms with Crippen LogP contribution in [-0.4, -0.2) is 46.4 Å². The van der Waals surface area contributed by atoms with Gasteiger partial charge >= 0.3 is 0 Å². The first-order valence-corrected chi connectivity index (χ1v) is 12.9. The summed E-state index contributed by atoms with van der Waals surface area (Å²) >= 11 is 4.19. The molecule has 1 saturated heterocycles. The summed E-state index contributed by atoms with van der Waals surface area (Å²) in [5, 5.41) is 6.63. The number of fused-ring (bicyclic) bond motifs is 1. The Bertz CT molecular complexity index is 1410. The van der Waals surface area contributed by atoms with Crippen molar-refractivity contribution in [2.75, 3.05) is 24.5 Å². The van der Waals surface area contributed by atoms with Crippen molar-refractivity contribution < 1.29 is 9.59 Å². The molecule has 1 aliphatic heterocycles. The van der Waals surface area contributed by atoms with Gasteiger partial charge in [-0.1, -0.05) is 22.9 Å². The summed E-state index contributed by atoms with van der Waals surface area (Å²) in [4.78, 5) is 41.2. The summed E-state index contributed by atoms with van der Waals surface area (Å²) in [5.74, 6) is 0.565. The Hall–Kier alpha value is -3.63. The van der Waals surface area contributed by atoms with Crippen molar-refractivity contribution in [3.63, 3.8) is 0 Å². The zero-order chi connectivity index (χ0) is 24.2. The summed E-state index contributed by atoms with van der Waals surface area (Å²) in [5.41, 5.74) is 3.49. The molecule has 4 aromatic rings. The first-order chi connectivity index (χ1) is 17.1. The SMILES string of the molecule is O=C1CN(c2cccc(-c3ccc4cnc(CNC(=O)c5cccc(SS)c5)cc4n3)n2)CCN1. The minimum absolute atomic E-state index is 0.00676. The maximum Gasteiger partial charge on any atom is 0.251 e. The molecule has 176 valence electrons. The second-order valence-corrected chi connectivity index (χ2v) is 9.22. The van der Waals surface area contributed by atoms with E-state index < -0.39 is 0 Å². The average molecular weight is 503 g/mol. The van der Waals surface area contributed by atoms with Gasteiger partial charge in [-0.3, -0.25) is 14.6 Å². The fraction of sp³-hybridized carbons (Fsp3) is 0.160. The number of hydrogen-bond acceptors (Lipinski definition) is 8. The van der Waals surface area contributed by atoms with Crippen molar-refractivity contribution in [3.05, 3.63) is 78.1 Å². The maximum atomic E-state index is 12.5. The lowest BCUT2D eigenvalue weighted by Crippen LogP contribution is -2.48. The zero-order valence-corrected chi connectivity index (χ0v) is 20.4. The molecule has 8 nitrogen and oxygen atoms in total. The summed E-state index contributed by atoms with van der Waals surface area (Å²) in [6.45, 7) is 1.89. The maximum absolute atomic E-state index is 12.5. The first-order valence-electron chi connectivity index (χ1n) is 11.0. The van der Waals surface area contributed by atoms with E-state index in [1.807, 2.05) is 53.4 Å². The van der Waals surface area contributed by atoms with E-state index in [1.165, 1.54) is 10.8 Å². The number of thiol groups is 1. The van der Waals surface area contributed by atoms with Crippen LogP contribution in [-0.2, 0) is 11.3 Å².